The summed E-state index contributed by atoms with van der Waals surface area (Å²) in [6.07, 6.45) is -3.36. The number of methoxy groups -OCH3 is 1. The number of rotatable bonds is 9. The zero-order valence-electron chi connectivity index (χ0n) is 16.8. The SMILES string of the molecule is CCN(CC)S(=O)(=O)c1cc(C(=O)N(Cc2ccco2)CC(F)(F)F)ccc1OC. The Morgan fingerprint density at radius 3 is 2.33 bits per heavy atom. The molecule has 1 aromatic carbocycles. The summed E-state index contributed by atoms with van der Waals surface area (Å²) in [6.45, 7) is 1.72. The zero-order chi connectivity index (χ0) is 22.5. The zero-order valence-corrected chi connectivity index (χ0v) is 17.6. The van der Waals surface area contributed by atoms with Crippen LogP contribution in [0.15, 0.2) is 45.9 Å². The third kappa shape index (κ3) is 5.54. The van der Waals surface area contributed by atoms with Gasteiger partial charge in [-0.15, -0.1) is 0 Å². The molecular weight excluding hydrogens is 425 g/mol. The van der Waals surface area contributed by atoms with Crippen LogP contribution in [0.25, 0.3) is 0 Å². The van der Waals surface area contributed by atoms with E-state index in [0.29, 0.717) is 4.90 Å². The highest BCUT2D eigenvalue weighted by molar-refractivity contribution is 7.89. The van der Waals surface area contributed by atoms with Crippen molar-refractivity contribution in [3.8, 4) is 5.75 Å². The number of carbonyl (C=O) groups excluding carboxylic acids is 1. The Labute approximate surface area is 173 Å². The molecule has 7 nitrogen and oxygen atoms in total. The van der Waals surface area contributed by atoms with Crippen molar-refractivity contribution in [1.82, 2.24) is 9.21 Å². The average Bonchev–Trinajstić information content (AvgIpc) is 3.19. The molecule has 0 radical (unpaired) electrons. The van der Waals surface area contributed by atoms with Crippen LogP contribution in [-0.4, -0.2) is 56.5 Å². The maximum Gasteiger partial charge on any atom is 0.406 e. The molecule has 2 aromatic rings. The van der Waals surface area contributed by atoms with Gasteiger partial charge in [0.15, 0.2) is 0 Å². The smallest absolute Gasteiger partial charge is 0.406 e. The second kappa shape index (κ2) is 9.52. The van der Waals surface area contributed by atoms with Crippen molar-refractivity contribution in [2.75, 3.05) is 26.7 Å². The second-order valence-electron chi connectivity index (χ2n) is 6.31. The number of hydrogen-bond acceptors (Lipinski definition) is 5. The summed E-state index contributed by atoms with van der Waals surface area (Å²) in [5.74, 6) is -0.827. The van der Waals surface area contributed by atoms with Gasteiger partial charge in [-0.05, 0) is 30.3 Å². The van der Waals surface area contributed by atoms with Gasteiger partial charge in [-0.25, -0.2) is 8.42 Å². The summed E-state index contributed by atoms with van der Waals surface area (Å²) in [7, 11) is -2.75. The monoisotopic (exact) mass is 448 g/mol. The molecule has 0 atom stereocenters. The first-order chi connectivity index (χ1) is 14.0. The van der Waals surface area contributed by atoms with Crippen molar-refractivity contribution < 1.29 is 35.5 Å². The first kappa shape index (κ1) is 23.7. The number of benzene rings is 1. The third-order valence-corrected chi connectivity index (χ3v) is 6.39. The maximum absolute atomic E-state index is 13.0. The lowest BCUT2D eigenvalue weighted by atomic mass is 10.2. The van der Waals surface area contributed by atoms with Gasteiger partial charge in [-0.3, -0.25) is 4.79 Å². The fourth-order valence-electron chi connectivity index (χ4n) is 2.90. The average molecular weight is 448 g/mol. The molecule has 0 saturated heterocycles. The summed E-state index contributed by atoms with van der Waals surface area (Å²) in [5.41, 5.74) is -0.211. The van der Waals surface area contributed by atoms with Crippen LogP contribution in [-0.2, 0) is 16.6 Å². The van der Waals surface area contributed by atoms with Crippen LogP contribution in [0.4, 0.5) is 13.2 Å². The first-order valence-corrected chi connectivity index (χ1v) is 10.5. The minimum Gasteiger partial charge on any atom is -0.495 e. The lowest BCUT2D eigenvalue weighted by molar-refractivity contribution is -0.142. The molecule has 0 saturated carbocycles. The number of nitrogens with zero attached hydrogens (tertiary/aromatic N) is 2. The number of amides is 1. The Balaban J connectivity index is 2.48. The van der Waals surface area contributed by atoms with E-state index >= 15 is 0 Å². The Hall–Kier alpha value is -2.53. The lowest BCUT2D eigenvalue weighted by Gasteiger charge is -2.24. The number of hydrogen-bond donors (Lipinski definition) is 0. The van der Waals surface area contributed by atoms with E-state index in [1.807, 2.05) is 0 Å². The molecule has 30 heavy (non-hydrogen) atoms. The van der Waals surface area contributed by atoms with Gasteiger partial charge in [0.25, 0.3) is 5.91 Å². The number of alkyl halides is 3. The van der Waals surface area contributed by atoms with E-state index in [9.17, 15) is 26.4 Å². The standard InChI is InChI=1S/C19H23F3N2O5S/c1-4-24(5-2)30(26,27)17-11-14(8-9-16(17)28-3)18(25)23(13-19(20,21)22)12-15-7-6-10-29-15/h6-11H,4-5,12-13H2,1-3H3. The van der Waals surface area contributed by atoms with Crippen LogP contribution in [0, 0.1) is 0 Å². The number of halogens is 3. The lowest BCUT2D eigenvalue weighted by Crippen LogP contribution is -2.38. The number of carbonyl (C=O) groups is 1. The van der Waals surface area contributed by atoms with Crippen molar-refractivity contribution >= 4 is 15.9 Å². The van der Waals surface area contributed by atoms with Gasteiger partial charge in [-0.1, -0.05) is 13.8 Å². The molecule has 0 aliphatic carbocycles. The molecule has 1 heterocycles. The van der Waals surface area contributed by atoms with E-state index < -0.39 is 35.2 Å². The minimum absolute atomic E-state index is 0.00754. The fourth-order valence-corrected chi connectivity index (χ4v) is 4.54. The van der Waals surface area contributed by atoms with Gasteiger partial charge < -0.3 is 14.1 Å². The third-order valence-electron chi connectivity index (χ3n) is 4.32. The van der Waals surface area contributed by atoms with Crippen molar-refractivity contribution in [2.45, 2.75) is 31.5 Å². The predicted octanol–water partition coefficient (Wildman–Crippen LogP) is 3.52. The normalized spacial score (nSPS) is 12.2. The van der Waals surface area contributed by atoms with E-state index in [0.717, 1.165) is 10.4 Å². The summed E-state index contributed by atoms with van der Waals surface area (Å²) >= 11 is 0. The van der Waals surface area contributed by atoms with E-state index in [2.05, 4.69) is 0 Å². The largest absolute Gasteiger partial charge is 0.495 e. The molecule has 11 heteroatoms. The number of furan rings is 1. The molecular formula is C19H23F3N2O5S. The van der Waals surface area contributed by atoms with Crippen LogP contribution in [0.1, 0.15) is 30.0 Å². The molecule has 1 aromatic heterocycles. The van der Waals surface area contributed by atoms with Gasteiger partial charge >= 0.3 is 6.18 Å². The highest BCUT2D eigenvalue weighted by Gasteiger charge is 2.35. The second-order valence-corrected chi connectivity index (χ2v) is 8.22. The molecule has 0 N–H and O–H groups in total. The van der Waals surface area contributed by atoms with Crippen molar-refractivity contribution in [1.29, 1.82) is 0 Å². The number of ether oxygens (including phenoxy) is 1. The Morgan fingerprint density at radius 1 is 1.17 bits per heavy atom. The molecule has 166 valence electrons. The highest BCUT2D eigenvalue weighted by Crippen LogP contribution is 2.29. The van der Waals surface area contributed by atoms with Crippen molar-refractivity contribution in [3.05, 3.63) is 47.9 Å². The van der Waals surface area contributed by atoms with Crippen LogP contribution in [0.3, 0.4) is 0 Å². The topological polar surface area (TPSA) is 80.1 Å². The predicted molar refractivity (Wildman–Crippen MR) is 103 cm³/mol. The summed E-state index contributed by atoms with van der Waals surface area (Å²) in [6, 6.07) is 6.46. The van der Waals surface area contributed by atoms with Gasteiger partial charge in [0.2, 0.25) is 10.0 Å². The molecule has 0 spiro atoms. The maximum atomic E-state index is 13.0. The molecule has 2 rings (SSSR count). The van der Waals surface area contributed by atoms with Gasteiger partial charge in [-0.2, -0.15) is 17.5 Å². The van der Waals surface area contributed by atoms with E-state index in [1.165, 1.54) is 37.6 Å². The number of sulfonamides is 1. The van der Waals surface area contributed by atoms with Gasteiger partial charge in [0.1, 0.15) is 22.9 Å². The van der Waals surface area contributed by atoms with Gasteiger partial charge in [0.05, 0.1) is 19.9 Å². The van der Waals surface area contributed by atoms with Crippen LogP contribution < -0.4 is 4.74 Å². The summed E-state index contributed by atoms with van der Waals surface area (Å²) in [5, 5.41) is 0. The van der Waals surface area contributed by atoms with Crippen LogP contribution in [0.5, 0.6) is 5.75 Å². The fraction of sp³-hybridized carbons (Fsp3) is 0.421. The minimum atomic E-state index is -4.65. The van der Waals surface area contributed by atoms with Crippen LogP contribution >= 0.6 is 0 Å². The van der Waals surface area contributed by atoms with E-state index in [-0.39, 0.29) is 35.1 Å². The van der Waals surface area contributed by atoms with Crippen molar-refractivity contribution in [3.63, 3.8) is 0 Å². The molecule has 1 amide bonds. The Bertz CT molecular complexity index is 955. The Kier molecular flexibility index (Phi) is 7.54. The first-order valence-electron chi connectivity index (χ1n) is 9.10. The van der Waals surface area contributed by atoms with Gasteiger partial charge in [0, 0.05) is 18.7 Å². The highest BCUT2D eigenvalue weighted by atomic mass is 32.2. The molecule has 0 fully saturated rings. The van der Waals surface area contributed by atoms with E-state index in [4.69, 9.17) is 9.15 Å². The van der Waals surface area contributed by atoms with Crippen molar-refractivity contribution in [2.24, 2.45) is 0 Å². The Morgan fingerprint density at radius 2 is 1.83 bits per heavy atom. The molecule has 0 unspecified atom stereocenters. The quantitative estimate of drug-likeness (QED) is 0.587. The molecule has 0 aliphatic rings. The van der Waals surface area contributed by atoms with Crippen LogP contribution in [0.2, 0.25) is 0 Å². The molecule has 0 bridgehead atoms. The molecule has 0 aliphatic heterocycles. The van der Waals surface area contributed by atoms with E-state index in [1.54, 1.807) is 13.8 Å². The summed E-state index contributed by atoms with van der Waals surface area (Å²) in [4.78, 5) is 13.1. The summed E-state index contributed by atoms with van der Waals surface area (Å²) < 4.78 is 76.3.